The van der Waals surface area contributed by atoms with Gasteiger partial charge in [-0.2, -0.15) is 5.10 Å². The molecule has 0 saturated heterocycles. The molecule has 0 unspecified atom stereocenters. The fourth-order valence-corrected chi connectivity index (χ4v) is 4.45. The molecule has 9 nitrogen and oxygen atoms in total. The lowest BCUT2D eigenvalue weighted by atomic mass is 10.2. The lowest BCUT2D eigenvalue weighted by molar-refractivity contribution is 0.101. The monoisotopic (exact) mass is 649 g/mol. The van der Waals surface area contributed by atoms with Gasteiger partial charge in [0, 0.05) is 28.3 Å². The number of methoxy groups -OCH3 is 1. The van der Waals surface area contributed by atoms with Crippen molar-refractivity contribution in [2.75, 3.05) is 31.0 Å². The summed E-state index contributed by atoms with van der Waals surface area (Å²) in [4.78, 5) is 29.5. The molecule has 3 aromatic rings. The summed E-state index contributed by atoms with van der Waals surface area (Å²) in [6.07, 6.45) is 0.844. The van der Waals surface area contributed by atoms with Crippen LogP contribution in [0.25, 0.3) is 5.82 Å². The van der Waals surface area contributed by atoms with Gasteiger partial charge in [-0.3, -0.25) is 10.1 Å². The molecule has 0 fully saturated rings. The van der Waals surface area contributed by atoms with E-state index in [1.54, 1.807) is 30.5 Å². The lowest BCUT2D eigenvalue weighted by Crippen LogP contribution is -2.21. The number of nitrogens with one attached hydrogen (secondary N) is 2. The average molecular weight is 653 g/mol. The minimum absolute atomic E-state index is 0.0806. The molecule has 0 aliphatic rings. The van der Waals surface area contributed by atoms with Crippen LogP contribution in [-0.2, 0) is 9.47 Å². The van der Waals surface area contributed by atoms with Crippen LogP contribution < -0.4 is 10.6 Å². The molecule has 0 spiro atoms. The standard InChI is InChI=1S/C19H15Br3ClN5O4/c1-31-5-6-32-19(30)25-13-8-10(20)7-11(21)16(13)26-18(29)14-9-15(22)27-28(14)17-12(23)3-2-4-24-17/h2-4,7-9H,5-6H2,1H3,(H,25,30)(H,26,29). The number of benzene rings is 1. The Morgan fingerprint density at radius 1 is 1.16 bits per heavy atom. The number of pyridine rings is 1. The number of halogens is 4. The number of aromatic nitrogens is 3. The zero-order valence-electron chi connectivity index (χ0n) is 16.4. The fourth-order valence-electron chi connectivity index (χ4n) is 2.55. The number of anilines is 2. The number of rotatable bonds is 7. The Morgan fingerprint density at radius 3 is 2.66 bits per heavy atom. The highest BCUT2D eigenvalue weighted by Crippen LogP contribution is 2.35. The van der Waals surface area contributed by atoms with Crippen LogP contribution in [0.3, 0.4) is 0 Å². The van der Waals surface area contributed by atoms with Crippen molar-refractivity contribution >= 4 is 82.8 Å². The van der Waals surface area contributed by atoms with Gasteiger partial charge in [0.25, 0.3) is 5.91 Å². The molecule has 2 aromatic heterocycles. The summed E-state index contributed by atoms with van der Waals surface area (Å²) in [5, 5.41) is 9.98. The van der Waals surface area contributed by atoms with Gasteiger partial charge in [-0.05, 0) is 56.1 Å². The molecule has 2 amide bonds. The third-order valence-electron chi connectivity index (χ3n) is 3.90. The topological polar surface area (TPSA) is 107 Å². The van der Waals surface area contributed by atoms with E-state index < -0.39 is 12.0 Å². The highest BCUT2D eigenvalue weighted by atomic mass is 79.9. The van der Waals surface area contributed by atoms with Crippen molar-refractivity contribution in [1.82, 2.24) is 14.8 Å². The molecule has 2 N–H and O–H groups in total. The number of hydrogen-bond acceptors (Lipinski definition) is 6. The summed E-state index contributed by atoms with van der Waals surface area (Å²) in [5.41, 5.74) is 0.793. The molecule has 0 radical (unpaired) electrons. The largest absolute Gasteiger partial charge is 0.447 e. The van der Waals surface area contributed by atoms with E-state index in [1.165, 1.54) is 17.9 Å². The predicted octanol–water partition coefficient (Wildman–Crippen LogP) is 5.66. The van der Waals surface area contributed by atoms with Gasteiger partial charge in [0.2, 0.25) is 0 Å². The van der Waals surface area contributed by atoms with Crippen LogP contribution in [0.4, 0.5) is 16.2 Å². The van der Waals surface area contributed by atoms with Gasteiger partial charge in [0.1, 0.15) is 16.9 Å². The van der Waals surface area contributed by atoms with E-state index in [9.17, 15) is 9.59 Å². The fraction of sp³-hybridized carbons (Fsp3) is 0.158. The molecule has 2 heterocycles. The molecular formula is C19H15Br3ClN5O4. The minimum atomic E-state index is -0.699. The second kappa shape index (κ2) is 11.2. The van der Waals surface area contributed by atoms with Crippen LogP contribution in [-0.4, -0.2) is 47.1 Å². The Kier molecular flexibility index (Phi) is 8.65. The summed E-state index contributed by atoms with van der Waals surface area (Å²) in [7, 11) is 1.50. The molecule has 32 heavy (non-hydrogen) atoms. The second-order valence-electron chi connectivity index (χ2n) is 6.09. The van der Waals surface area contributed by atoms with Crippen molar-refractivity contribution < 1.29 is 19.1 Å². The first-order valence-corrected chi connectivity index (χ1v) is 11.7. The first-order valence-electron chi connectivity index (χ1n) is 8.89. The van der Waals surface area contributed by atoms with Gasteiger partial charge < -0.3 is 14.8 Å². The highest BCUT2D eigenvalue weighted by Gasteiger charge is 2.21. The van der Waals surface area contributed by atoms with Crippen molar-refractivity contribution in [3.05, 3.63) is 60.8 Å². The summed E-state index contributed by atoms with van der Waals surface area (Å²) in [6.45, 7) is 0.339. The van der Waals surface area contributed by atoms with Gasteiger partial charge in [-0.15, -0.1) is 0 Å². The maximum absolute atomic E-state index is 13.2. The van der Waals surface area contributed by atoms with Gasteiger partial charge in [0.15, 0.2) is 5.82 Å². The number of carbonyl (C=O) groups excluding carboxylic acids is 2. The molecule has 13 heteroatoms. The Bertz CT molecular complexity index is 1160. The third-order valence-corrected chi connectivity index (χ3v) is 5.67. The van der Waals surface area contributed by atoms with Crippen LogP contribution in [0.5, 0.6) is 0 Å². The Balaban J connectivity index is 1.91. The van der Waals surface area contributed by atoms with Crippen molar-refractivity contribution in [3.63, 3.8) is 0 Å². The van der Waals surface area contributed by atoms with Gasteiger partial charge in [-0.1, -0.05) is 27.5 Å². The van der Waals surface area contributed by atoms with Crippen molar-refractivity contribution in [2.24, 2.45) is 0 Å². The molecule has 3 rings (SSSR count). The molecule has 1 aromatic carbocycles. The number of ether oxygens (including phenoxy) is 2. The lowest BCUT2D eigenvalue weighted by Gasteiger charge is -2.15. The first-order chi connectivity index (χ1) is 15.3. The van der Waals surface area contributed by atoms with Crippen molar-refractivity contribution in [3.8, 4) is 5.82 Å². The van der Waals surface area contributed by atoms with E-state index in [0.717, 1.165) is 0 Å². The van der Waals surface area contributed by atoms with Gasteiger partial charge >= 0.3 is 6.09 Å². The molecule has 0 bridgehead atoms. The minimum Gasteiger partial charge on any atom is -0.447 e. The van der Waals surface area contributed by atoms with E-state index in [2.05, 4.69) is 68.5 Å². The summed E-state index contributed by atoms with van der Waals surface area (Å²) in [6, 6.07) is 8.19. The van der Waals surface area contributed by atoms with Crippen LogP contribution in [0.15, 0.2) is 50.1 Å². The summed E-state index contributed by atoms with van der Waals surface area (Å²) in [5.74, 6) is -0.219. The Labute approximate surface area is 213 Å². The Hall–Kier alpha value is -1.99. The number of hydrogen-bond donors (Lipinski definition) is 2. The third kappa shape index (κ3) is 6.07. The maximum atomic E-state index is 13.2. The number of nitrogens with zero attached hydrogens (tertiary/aromatic N) is 3. The highest BCUT2D eigenvalue weighted by molar-refractivity contribution is 9.11. The van der Waals surface area contributed by atoms with Gasteiger partial charge in [0.05, 0.1) is 23.0 Å². The summed E-state index contributed by atoms with van der Waals surface area (Å²) < 4.78 is 12.8. The molecule has 168 valence electrons. The van der Waals surface area contributed by atoms with E-state index in [1.807, 2.05) is 0 Å². The quantitative estimate of drug-likeness (QED) is 0.320. The van der Waals surface area contributed by atoms with Crippen LogP contribution in [0.1, 0.15) is 10.5 Å². The summed E-state index contributed by atoms with van der Waals surface area (Å²) >= 11 is 16.3. The van der Waals surface area contributed by atoms with E-state index in [0.29, 0.717) is 35.8 Å². The Morgan fingerprint density at radius 2 is 1.94 bits per heavy atom. The first kappa shape index (κ1) is 24.6. The molecule has 0 atom stereocenters. The molecule has 0 aliphatic carbocycles. The van der Waals surface area contributed by atoms with Crippen LogP contribution in [0.2, 0.25) is 5.02 Å². The average Bonchev–Trinajstić information content (AvgIpc) is 3.12. The second-order valence-corrected chi connectivity index (χ2v) is 9.08. The van der Waals surface area contributed by atoms with Crippen molar-refractivity contribution in [2.45, 2.75) is 0 Å². The van der Waals surface area contributed by atoms with Gasteiger partial charge in [-0.25, -0.2) is 14.5 Å². The zero-order valence-corrected chi connectivity index (χ0v) is 21.9. The number of amides is 2. The SMILES string of the molecule is COCCOC(=O)Nc1cc(Br)cc(Br)c1NC(=O)c1cc(Br)nn1-c1ncccc1Cl. The zero-order chi connectivity index (χ0) is 23.3. The van der Waals surface area contributed by atoms with Crippen molar-refractivity contribution in [1.29, 1.82) is 0 Å². The predicted molar refractivity (Wildman–Crippen MR) is 131 cm³/mol. The molecular weight excluding hydrogens is 637 g/mol. The van der Waals surface area contributed by atoms with E-state index >= 15 is 0 Å². The normalized spacial score (nSPS) is 10.7. The maximum Gasteiger partial charge on any atom is 0.411 e. The van der Waals surface area contributed by atoms with Crippen LogP contribution >= 0.6 is 59.4 Å². The van der Waals surface area contributed by atoms with E-state index in [4.69, 9.17) is 21.1 Å². The molecule has 0 saturated carbocycles. The molecule has 0 aliphatic heterocycles. The van der Waals surface area contributed by atoms with E-state index in [-0.39, 0.29) is 18.9 Å². The number of carbonyl (C=O) groups is 2. The smallest absolute Gasteiger partial charge is 0.411 e. The van der Waals surface area contributed by atoms with Crippen LogP contribution in [0, 0.1) is 0 Å².